The Balaban J connectivity index is 2.83. The molecule has 220 valence electrons. The van der Waals surface area contributed by atoms with Gasteiger partial charge in [-0.05, 0) is 6.42 Å². The Morgan fingerprint density at radius 3 is 1.24 bits per heavy atom. The van der Waals surface area contributed by atoms with Crippen LogP contribution in [0.1, 0.15) is 6.42 Å². The molecule has 0 saturated carbocycles. The summed E-state index contributed by atoms with van der Waals surface area (Å²) in [5.41, 5.74) is 0. The van der Waals surface area contributed by atoms with E-state index >= 15 is 0 Å². The second kappa shape index (κ2) is 18.2. The van der Waals surface area contributed by atoms with Gasteiger partial charge >= 0.3 is 26.7 Å². The standard InChI is InChI=1S/C22H43N5O10Si/c1-35-38(36-2,37-3)14-4-5-23-19(28)15-24-6-8-25(16-20(29)30)10-12-27(18-22(33)34)13-11-26(9-7-24)17-21(31)32/h4-18H2,1-3H3,(H,23,28)(H,29,30)(H,31,32)(H,33,34). The Morgan fingerprint density at radius 2 is 0.947 bits per heavy atom. The lowest BCUT2D eigenvalue weighted by Gasteiger charge is -2.32. The number of hydrogen-bond donors (Lipinski definition) is 4. The van der Waals surface area contributed by atoms with E-state index in [-0.39, 0.29) is 32.1 Å². The molecule has 1 aliphatic rings. The van der Waals surface area contributed by atoms with E-state index in [0.29, 0.717) is 71.4 Å². The van der Waals surface area contributed by atoms with E-state index in [2.05, 4.69) is 5.32 Å². The van der Waals surface area contributed by atoms with Crippen molar-refractivity contribution in [1.82, 2.24) is 24.9 Å². The largest absolute Gasteiger partial charge is 0.500 e. The predicted molar refractivity (Wildman–Crippen MR) is 138 cm³/mol. The molecule has 1 amide bonds. The molecule has 0 spiro atoms. The molecule has 0 atom stereocenters. The Kier molecular flexibility index (Phi) is 16.2. The van der Waals surface area contributed by atoms with Crippen molar-refractivity contribution in [3.8, 4) is 0 Å². The highest BCUT2D eigenvalue weighted by atomic mass is 28.4. The van der Waals surface area contributed by atoms with Crippen LogP contribution in [0.4, 0.5) is 0 Å². The van der Waals surface area contributed by atoms with Gasteiger partial charge in [-0.15, -0.1) is 0 Å². The molecule has 0 aliphatic carbocycles. The number of nitrogens with zero attached hydrogens (tertiary/aromatic N) is 4. The number of nitrogens with one attached hydrogen (secondary N) is 1. The van der Waals surface area contributed by atoms with Gasteiger partial charge in [0.1, 0.15) is 0 Å². The number of aliphatic carboxylic acids is 3. The van der Waals surface area contributed by atoms with Crippen LogP contribution in [-0.4, -0.2) is 174 Å². The van der Waals surface area contributed by atoms with Crippen LogP contribution in [0.25, 0.3) is 0 Å². The first-order chi connectivity index (χ1) is 18.0. The summed E-state index contributed by atoms with van der Waals surface area (Å²) < 4.78 is 16.1. The molecule has 38 heavy (non-hydrogen) atoms. The number of hydrogen-bond acceptors (Lipinski definition) is 11. The van der Waals surface area contributed by atoms with Gasteiger partial charge in [-0.2, -0.15) is 0 Å². The summed E-state index contributed by atoms with van der Waals surface area (Å²) in [6.45, 7) is 2.55. The zero-order chi connectivity index (χ0) is 28.6. The van der Waals surface area contributed by atoms with Gasteiger partial charge in [0.2, 0.25) is 5.91 Å². The third-order valence-corrected chi connectivity index (χ3v) is 9.12. The maximum atomic E-state index is 12.7. The van der Waals surface area contributed by atoms with Gasteiger partial charge in [-0.25, -0.2) is 0 Å². The lowest BCUT2D eigenvalue weighted by Crippen LogP contribution is -2.50. The van der Waals surface area contributed by atoms with Gasteiger partial charge in [0, 0.05) is 86.3 Å². The molecule has 1 saturated heterocycles. The lowest BCUT2D eigenvalue weighted by molar-refractivity contribution is -0.140. The second-order valence-corrected chi connectivity index (χ2v) is 12.1. The summed E-state index contributed by atoms with van der Waals surface area (Å²) in [5, 5.41) is 30.7. The van der Waals surface area contributed by atoms with Gasteiger partial charge in [0.05, 0.1) is 26.2 Å². The van der Waals surface area contributed by atoms with E-state index in [1.165, 1.54) is 21.3 Å². The SMILES string of the molecule is CO[Si](CCCNC(=O)CN1CCN(CC(=O)O)CCN(CC(=O)O)CCN(CC(=O)O)CC1)(OC)OC. The zero-order valence-corrected chi connectivity index (χ0v) is 23.6. The lowest BCUT2D eigenvalue weighted by atomic mass is 10.3. The van der Waals surface area contributed by atoms with Crippen molar-refractivity contribution in [2.75, 3.05) is 106 Å². The maximum absolute atomic E-state index is 12.7. The monoisotopic (exact) mass is 565 g/mol. The molecule has 16 heteroatoms. The molecule has 1 aliphatic heterocycles. The van der Waals surface area contributed by atoms with Crippen molar-refractivity contribution in [3.63, 3.8) is 0 Å². The molecular formula is C22H43N5O10Si. The van der Waals surface area contributed by atoms with E-state index < -0.39 is 26.7 Å². The summed E-state index contributed by atoms with van der Waals surface area (Å²) in [6, 6.07) is 0.535. The number of carbonyl (C=O) groups excluding carboxylic acids is 1. The maximum Gasteiger partial charge on any atom is 0.500 e. The normalized spacial score (nSPS) is 17.9. The van der Waals surface area contributed by atoms with Gasteiger partial charge in [0.15, 0.2) is 0 Å². The molecule has 0 unspecified atom stereocenters. The average molecular weight is 566 g/mol. The van der Waals surface area contributed by atoms with Crippen LogP contribution < -0.4 is 5.32 Å². The van der Waals surface area contributed by atoms with E-state index in [0.717, 1.165) is 0 Å². The molecule has 1 rings (SSSR count). The minimum absolute atomic E-state index is 0.0639. The Morgan fingerprint density at radius 1 is 0.632 bits per heavy atom. The molecule has 1 fully saturated rings. The predicted octanol–water partition coefficient (Wildman–Crippen LogP) is -2.15. The number of rotatable bonds is 15. The summed E-state index contributed by atoms with van der Waals surface area (Å²) >= 11 is 0. The van der Waals surface area contributed by atoms with Crippen LogP contribution in [0, 0.1) is 0 Å². The van der Waals surface area contributed by atoms with Crippen molar-refractivity contribution in [2.45, 2.75) is 12.5 Å². The van der Waals surface area contributed by atoms with Crippen molar-refractivity contribution in [2.24, 2.45) is 0 Å². The highest BCUT2D eigenvalue weighted by Gasteiger charge is 2.36. The first-order valence-electron chi connectivity index (χ1n) is 12.5. The van der Waals surface area contributed by atoms with Crippen LogP contribution in [0.2, 0.25) is 6.04 Å². The summed E-state index contributed by atoms with van der Waals surface area (Å²) in [5.74, 6) is -3.22. The third kappa shape index (κ3) is 14.1. The highest BCUT2D eigenvalue weighted by Crippen LogP contribution is 2.14. The van der Waals surface area contributed by atoms with E-state index in [1.807, 2.05) is 4.90 Å². The fourth-order valence-corrected chi connectivity index (χ4v) is 5.85. The summed E-state index contributed by atoms with van der Waals surface area (Å²) in [4.78, 5) is 53.7. The Labute approximate surface area is 224 Å². The van der Waals surface area contributed by atoms with E-state index in [1.54, 1.807) is 14.7 Å². The topological polar surface area (TPSA) is 182 Å². The van der Waals surface area contributed by atoms with Crippen LogP contribution in [0.5, 0.6) is 0 Å². The Bertz CT molecular complexity index is 718. The minimum Gasteiger partial charge on any atom is -0.480 e. The quantitative estimate of drug-likeness (QED) is 0.124. The minimum atomic E-state index is -2.72. The first kappa shape index (κ1) is 33.8. The van der Waals surface area contributed by atoms with Gasteiger partial charge in [-0.3, -0.25) is 38.8 Å². The van der Waals surface area contributed by atoms with Crippen LogP contribution >= 0.6 is 0 Å². The molecule has 1 heterocycles. The van der Waals surface area contributed by atoms with Gasteiger partial charge in [-0.1, -0.05) is 0 Å². The van der Waals surface area contributed by atoms with Crippen LogP contribution in [0.3, 0.4) is 0 Å². The average Bonchev–Trinajstić information content (AvgIpc) is 2.85. The molecule has 0 radical (unpaired) electrons. The molecule has 4 N–H and O–H groups in total. The summed E-state index contributed by atoms with van der Waals surface area (Å²) in [6.07, 6.45) is 0.596. The van der Waals surface area contributed by atoms with Crippen molar-refractivity contribution < 1.29 is 47.8 Å². The van der Waals surface area contributed by atoms with Crippen molar-refractivity contribution in [3.05, 3.63) is 0 Å². The second-order valence-electron chi connectivity index (χ2n) is 9.03. The number of carboxylic acids is 3. The number of amides is 1. The van der Waals surface area contributed by atoms with Gasteiger partial charge in [0.25, 0.3) is 0 Å². The van der Waals surface area contributed by atoms with Crippen molar-refractivity contribution >= 4 is 32.6 Å². The van der Waals surface area contributed by atoms with Crippen molar-refractivity contribution in [1.29, 1.82) is 0 Å². The first-order valence-corrected chi connectivity index (χ1v) is 14.4. The van der Waals surface area contributed by atoms with Gasteiger partial charge < -0.3 is 33.9 Å². The number of carbonyl (C=O) groups is 4. The van der Waals surface area contributed by atoms with Crippen LogP contribution in [-0.2, 0) is 32.5 Å². The third-order valence-electron chi connectivity index (χ3n) is 6.29. The smallest absolute Gasteiger partial charge is 0.480 e. The molecule has 0 aromatic heterocycles. The highest BCUT2D eigenvalue weighted by molar-refractivity contribution is 6.60. The molecular weight excluding hydrogens is 522 g/mol. The Hall–Kier alpha value is -2.18. The molecule has 0 aromatic carbocycles. The number of carboxylic acid groups (broad SMARTS) is 3. The zero-order valence-electron chi connectivity index (χ0n) is 22.6. The fourth-order valence-electron chi connectivity index (χ4n) is 4.13. The van der Waals surface area contributed by atoms with Crippen LogP contribution in [0.15, 0.2) is 0 Å². The molecule has 0 bridgehead atoms. The molecule has 0 aromatic rings. The fraction of sp³-hybridized carbons (Fsp3) is 0.818. The van der Waals surface area contributed by atoms with E-state index in [4.69, 9.17) is 13.3 Å². The van der Waals surface area contributed by atoms with E-state index in [9.17, 15) is 34.5 Å². The molecule has 15 nitrogen and oxygen atoms in total. The summed E-state index contributed by atoms with van der Waals surface area (Å²) in [7, 11) is 1.86.